The quantitative estimate of drug-likeness (QED) is 0.326. The molecule has 0 aliphatic carbocycles. The van der Waals surface area contributed by atoms with Crippen LogP contribution in [-0.2, 0) is 6.42 Å². The zero-order valence-corrected chi connectivity index (χ0v) is 12.9. The number of benzene rings is 1. The molecule has 0 amide bonds. The number of guanidine groups is 1. The number of aromatic nitrogens is 1. The van der Waals surface area contributed by atoms with Crippen molar-refractivity contribution in [1.29, 1.82) is 5.41 Å². The van der Waals surface area contributed by atoms with Crippen LogP contribution in [0.5, 0.6) is 0 Å². The minimum absolute atomic E-state index is 0.0495. The van der Waals surface area contributed by atoms with Crippen LogP contribution in [0.1, 0.15) is 25.5 Å². The topological polar surface area (TPSA) is 118 Å². The number of nitrogens with zero attached hydrogens (tertiary/aromatic N) is 2. The average Bonchev–Trinajstić information content (AvgIpc) is 2.87. The van der Waals surface area contributed by atoms with Crippen molar-refractivity contribution in [2.24, 2.45) is 5.73 Å². The molecular weight excluding hydrogens is 302 g/mol. The SMILES string of the molecule is CCCCc1nc(NC(=N)N)sc1-c1cccc([N+](=O)[O-])c1. The van der Waals surface area contributed by atoms with Crippen LogP contribution < -0.4 is 11.1 Å². The lowest BCUT2D eigenvalue weighted by molar-refractivity contribution is -0.384. The number of hydrogen-bond donors (Lipinski definition) is 3. The standard InChI is InChI=1S/C14H17N5O2S/c1-2-3-7-11-12(22-14(17-11)18-13(15)16)9-5-4-6-10(8-9)19(20)21/h4-6,8H,2-3,7H2,1H3,(H4,15,16,17,18). The number of unbranched alkanes of at least 4 members (excludes halogenated alkanes) is 1. The molecule has 2 rings (SSSR count). The van der Waals surface area contributed by atoms with Crippen molar-refractivity contribution in [3.05, 3.63) is 40.1 Å². The van der Waals surface area contributed by atoms with E-state index in [0.717, 1.165) is 35.4 Å². The van der Waals surface area contributed by atoms with Gasteiger partial charge in [0.2, 0.25) is 0 Å². The molecule has 0 aliphatic heterocycles. The van der Waals surface area contributed by atoms with Gasteiger partial charge in [0.15, 0.2) is 11.1 Å². The molecule has 1 heterocycles. The van der Waals surface area contributed by atoms with E-state index in [9.17, 15) is 10.1 Å². The largest absolute Gasteiger partial charge is 0.370 e. The van der Waals surface area contributed by atoms with Crippen LogP contribution in [0.25, 0.3) is 10.4 Å². The normalized spacial score (nSPS) is 10.4. The molecule has 8 heteroatoms. The van der Waals surface area contributed by atoms with Gasteiger partial charge in [-0.15, -0.1) is 0 Å². The predicted molar refractivity (Wildman–Crippen MR) is 88.4 cm³/mol. The van der Waals surface area contributed by atoms with Crippen LogP contribution in [0.4, 0.5) is 10.8 Å². The zero-order chi connectivity index (χ0) is 16.1. The number of thiazole rings is 1. The zero-order valence-electron chi connectivity index (χ0n) is 12.1. The summed E-state index contributed by atoms with van der Waals surface area (Å²) in [6.45, 7) is 2.09. The predicted octanol–water partition coefficient (Wildman–Crippen LogP) is 3.37. The Balaban J connectivity index is 2.42. The lowest BCUT2D eigenvalue weighted by Crippen LogP contribution is -2.20. The third kappa shape index (κ3) is 3.79. The molecule has 1 aromatic heterocycles. The number of nitro benzene ring substituents is 1. The molecule has 0 spiro atoms. The van der Waals surface area contributed by atoms with Gasteiger partial charge in [-0.3, -0.25) is 15.5 Å². The summed E-state index contributed by atoms with van der Waals surface area (Å²) in [5.41, 5.74) is 7.02. The van der Waals surface area contributed by atoms with Crippen molar-refractivity contribution in [1.82, 2.24) is 4.98 Å². The van der Waals surface area contributed by atoms with Crippen LogP contribution >= 0.6 is 11.3 Å². The number of nitrogens with one attached hydrogen (secondary N) is 2. The number of hydrogen-bond acceptors (Lipinski definition) is 5. The van der Waals surface area contributed by atoms with Gasteiger partial charge in [-0.25, -0.2) is 4.98 Å². The first kappa shape index (κ1) is 15.9. The summed E-state index contributed by atoms with van der Waals surface area (Å²) >= 11 is 1.35. The molecule has 0 aliphatic rings. The number of nitro groups is 1. The summed E-state index contributed by atoms with van der Waals surface area (Å²) in [6, 6.07) is 6.49. The van der Waals surface area contributed by atoms with Gasteiger partial charge in [0, 0.05) is 17.7 Å². The Morgan fingerprint density at radius 2 is 2.32 bits per heavy atom. The fraction of sp³-hybridized carbons (Fsp3) is 0.286. The smallest absolute Gasteiger partial charge is 0.270 e. The van der Waals surface area contributed by atoms with Crippen molar-refractivity contribution in [2.45, 2.75) is 26.2 Å². The van der Waals surface area contributed by atoms with Crippen LogP contribution in [0.2, 0.25) is 0 Å². The van der Waals surface area contributed by atoms with E-state index in [-0.39, 0.29) is 11.6 Å². The third-order valence-electron chi connectivity index (χ3n) is 3.03. The van der Waals surface area contributed by atoms with E-state index in [1.165, 1.54) is 17.4 Å². The van der Waals surface area contributed by atoms with Crippen LogP contribution in [0, 0.1) is 15.5 Å². The minimum atomic E-state index is -0.412. The number of aryl methyl sites for hydroxylation is 1. The average molecular weight is 319 g/mol. The maximum absolute atomic E-state index is 10.9. The van der Waals surface area contributed by atoms with Crippen molar-refractivity contribution in [3.63, 3.8) is 0 Å². The molecule has 7 nitrogen and oxygen atoms in total. The minimum Gasteiger partial charge on any atom is -0.370 e. The molecule has 2 aromatic rings. The molecule has 0 atom stereocenters. The van der Waals surface area contributed by atoms with Crippen molar-refractivity contribution < 1.29 is 4.92 Å². The Morgan fingerprint density at radius 3 is 2.95 bits per heavy atom. The summed E-state index contributed by atoms with van der Waals surface area (Å²) in [6.07, 6.45) is 2.79. The summed E-state index contributed by atoms with van der Waals surface area (Å²) in [7, 11) is 0. The molecule has 0 radical (unpaired) electrons. The van der Waals surface area contributed by atoms with Gasteiger partial charge in [0.1, 0.15) is 0 Å². The summed E-state index contributed by atoms with van der Waals surface area (Å²) in [5.74, 6) is -0.179. The highest BCUT2D eigenvalue weighted by Crippen LogP contribution is 2.35. The third-order valence-corrected chi connectivity index (χ3v) is 4.09. The van der Waals surface area contributed by atoms with Gasteiger partial charge in [-0.05, 0) is 12.8 Å². The van der Waals surface area contributed by atoms with Gasteiger partial charge >= 0.3 is 0 Å². The second-order valence-electron chi connectivity index (χ2n) is 4.74. The monoisotopic (exact) mass is 319 g/mol. The fourth-order valence-electron chi connectivity index (χ4n) is 2.02. The Morgan fingerprint density at radius 1 is 1.55 bits per heavy atom. The number of rotatable bonds is 6. The van der Waals surface area contributed by atoms with E-state index in [0.29, 0.717) is 5.13 Å². The van der Waals surface area contributed by atoms with E-state index >= 15 is 0 Å². The fourth-order valence-corrected chi connectivity index (χ4v) is 3.04. The van der Waals surface area contributed by atoms with E-state index in [1.807, 2.05) is 6.07 Å². The molecule has 22 heavy (non-hydrogen) atoms. The molecule has 0 saturated carbocycles. The highest BCUT2D eigenvalue weighted by atomic mass is 32.1. The summed E-state index contributed by atoms with van der Waals surface area (Å²) in [5, 5.41) is 21.4. The highest BCUT2D eigenvalue weighted by molar-refractivity contribution is 7.19. The van der Waals surface area contributed by atoms with Crippen molar-refractivity contribution in [3.8, 4) is 10.4 Å². The molecular formula is C14H17N5O2S. The van der Waals surface area contributed by atoms with Gasteiger partial charge < -0.3 is 11.1 Å². The maximum atomic E-state index is 10.9. The van der Waals surface area contributed by atoms with E-state index < -0.39 is 4.92 Å². The van der Waals surface area contributed by atoms with Crippen LogP contribution in [0.3, 0.4) is 0 Å². The van der Waals surface area contributed by atoms with Gasteiger partial charge in [-0.2, -0.15) is 0 Å². The van der Waals surface area contributed by atoms with Gasteiger partial charge in [0.25, 0.3) is 5.69 Å². The molecule has 1 aromatic carbocycles. The lowest BCUT2D eigenvalue weighted by atomic mass is 10.1. The lowest BCUT2D eigenvalue weighted by Gasteiger charge is -2.01. The van der Waals surface area contributed by atoms with Gasteiger partial charge in [-0.1, -0.05) is 36.8 Å². The first-order valence-electron chi connectivity index (χ1n) is 6.86. The summed E-state index contributed by atoms with van der Waals surface area (Å²) < 4.78 is 0. The molecule has 0 bridgehead atoms. The number of nitrogens with two attached hydrogens (primary N) is 1. The van der Waals surface area contributed by atoms with Crippen LogP contribution in [-0.4, -0.2) is 15.9 Å². The Bertz CT molecular complexity index is 698. The number of anilines is 1. The van der Waals surface area contributed by atoms with Crippen molar-refractivity contribution in [2.75, 3.05) is 5.32 Å². The first-order chi connectivity index (χ1) is 10.5. The Labute approximate surface area is 131 Å². The molecule has 4 N–H and O–H groups in total. The molecule has 0 unspecified atom stereocenters. The second kappa shape index (κ2) is 6.99. The molecule has 0 fully saturated rings. The molecule has 0 saturated heterocycles. The highest BCUT2D eigenvalue weighted by Gasteiger charge is 2.15. The van der Waals surface area contributed by atoms with E-state index in [1.54, 1.807) is 12.1 Å². The van der Waals surface area contributed by atoms with Crippen molar-refractivity contribution >= 4 is 28.1 Å². The Kier molecular flexibility index (Phi) is 5.05. The van der Waals surface area contributed by atoms with E-state index in [4.69, 9.17) is 11.1 Å². The van der Waals surface area contributed by atoms with Crippen LogP contribution in [0.15, 0.2) is 24.3 Å². The summed E-state index contributed by atoms with van der Waals surface area (Å²) in [4.78, 5) is 15.8. The van der Waals surface area contributed by atoms with Gasteiger partial charge in [0.05, 0.1) is 15.5 Å². The van der Waals surface area contributed by atoms with E-state index in [2.05, 4.69) is 17.2 Å². The molecule has 116 valence electrons. The second-order valence-corrected chi connectivity index (χ2v) is 5.74. The Hall–Kier alpha value is -2.48. The first-order valence-corrected chi connectivity index (χ1v) is 7.68. The maximum Gasteiger partial charge on any atom is 0.270 e. The number of non-ortho nitro benzene ring substituents is 1.